The minimum Gasteiger partial charge on any atom is -0.381 e. The van der Waals surface area contributed by atoms with Crippen molar-refractivity contribution in [1.29, 1.82) is 0 Å². The Balaban J connectivity index is 1.69. The van der Waals surface area contributed by atoms with Gasteiger partial charge in [0.25, 0.3) is 0 Å². The molecule has 2 atom stereocenters. The van der Waals surface area contributed by atoms with E-state index in [0.717, 1.165) is 12.8 Å². The van der Waals surface area contributed by atoms with Gasteiger partial charge >= 0.3 is 0 Å². The first kappa shape index (κ1) is 11.5. The van der Waals surface area contributed by atoms with Gasteiger partial charge in [-0.1, -0.05) is 0 Å². The van der Waals surface area contributed by atoms with Crippen molar-refractivity contribution in [1.82, 2.24) is 4.90 Å². The topological polar surface area (TPSA) is 63.7 Å². The summed E-state index contributed by atoms with van der Waals surface area (Å²) in [4.78, 5) is 14.1. The van der Waals surface area contributed by atoms with Crippen LogP contribution in [0.3, 0.4) is 0 Å². The van der Waals surface area contributed by atoms with Crippen molar-refractivity contribution in [3.05, 3.63) is 0 Å². The first-order chi connectivity index (χ1) is 8.08. The van der Waals surface area contributed by atoms with Crippen molar-refractivity contribution >= 4 is 15.7 Å². The van der Waals surface area contributed by atoms with E-state index in [4.69, 9.17) is 4.74 Å². The monoisotopic (exact) mass is 259 g/mol. The molecule has 2 bridgehead atoms. The molecule has 0 aromatic carbocycles. The van der Waals surface area contributed by atoms with Crippen molar-refractivity contribution in [2.75, 3.05) is 25.5 Å². The second-order valence-corrected chi connectivity index (χ2v) is 7.54. The Bertz CT molecular complexity index is 427. The van der Waals surface area contributed by atoms with Crippen molar-refractivity contribution in [2.45, 2.75) is 30.6 Å². The molecular formula is C11H17NO4S. The fraction of sp³-hybridized carbons (Fsp3) is 0.909. The van der Waals surface area contributed by atoms with Crippen LogP contribution in [0.4, 0.5) is 0 Å². The predicted molar refractivity (Wildman–Crippen MR) is 61.2 cm³/mol. The zero-order valence-corrected chi connectivity index (χ0v) is 10.5. The number of amides is 1. The Kier molecular flexibility index (Phi) is 2.66. The largest absolute Gasteiger partial charge is 0.381 e. The Labute approximate surface area is 101 Å². The van der Waals surface area contributed by atoms with Gasteiger partial charge in [-0.05, 0) is 19.3 Å². The standard InChI is InChI=1S/C11H17NO4S/c13-11(8-1-3-16-4-2-8)12-6-10-5-9(12)7-17(10,14)15/h8-10H,1-7H2. The lowest BCUT2D eigenvalue weighted by molar-refractivity contribution is -0.139. The van der Waals surface area contributed by atoms with Crippen LogP contribution in [0, 0.1) is 5.92 Å². The third-order valence-electron chi connectivity index (χ3n) is 4.16. The number of hydrogen-bond donors (Lipinski definition) is 0. The number of fused-ring (bicyclic) bond motifs is 2. The van der Waals surface area contributed by atoms with E-state index in [1.165, 1.54) is 0 Å². The number of likely N-dealkylation sites (tertiary alicyclic amines) is 1. The molecule has 6 heteroatoms. The summed E-state index contributed by atoms with van der Waals surface area (Å²) in [7, 11) is -2.90. The summed E-state index contributed by atoms with van der Waals surface area (Å²) in [5, 5.41) is -0.295. The first-order valence-electron chi connectivity index (χ1n) is 6.18. The van der Waals surface area contributed by atoms with Crippen LogP contribution in [0.2, 0.25) is 0 Å². The van der Waals surface area contributed by atoms with E-state index in [9.17, 15) is 13.2 Å². The van der Waals surface area contributed by atoms with Crippen LogP contribution < -0.4 is 0 Å². The molecule has 3 aliphatic rings. The molecule has 17 heavy (non-hydrogen) atoms. The Hall–Kier alpha value is -0.620. The summed E-state index contributed by atoms with van der Waals surface area (Å²) < 4.78 is 28.5. The molecule has 0 aromatic heterocycles. The van der Waals surface area contributed by atoms with E-state index in [0.29, 0.717) is 26.2 Å². The highest BCUT2D eigenvalue weighted by molar-refractivity contribution is 7.92. The molecule has 0 saturated carbocycles. The Morgan fingerprint density at radius 3 is 2.47 bits per heavy atom. The predicted octanol–water partition coefficient (Wildman–Crippen LogP) is -0.189. The number of nitrogens with zero attached hydrogens (tertiary/aromatic N) is 1. The molecule has 1 amide bonds. The van der Waals surface area contributed by atoms with E-state index < -0.39 is 9.84 Å². The van der Waals surface area contributed by atoms with Crippen LogP contribution >= 0.6 is 0 Å². The van der Waals surface area contributed by atoms with E-state index in [1.54, 1.807) is 0 Å². The van der Waals surface area contributed by atoms with Gasteiger partial charge in [-0.15, -0.1) is 0 Å². The average Bonchev–Trinajstić information content (AvgIpc) is 2.84. The van der Waals surface area contributed by atoms with Gasteiger partial charge in [-0.3, -0.25) is 4.79 Å². The summed E-state index contributed by atoms with van der Waals surface area (Å²) >= 11 is 0. The van der Waals surface area contributed by atoms with Gasteiger partial charge in [0.05, 0.1) is 11.0 Å². The second-order valence-electron chi connectivity index (χ2n) is 5.22. The molecule has 3 fully saturated rings. The van der Waals surface area contributed by atoms with Crippen LogP contribution in [0.25, 0.3) is 0 Å². The van der Waals surface area contributed by atoms with E-state index in [1.807, 2.05) is 4.90 Å². The average molecular weight is 259 g/mol. The highest BCUT2D eigenvalue weighted by Crippen LogP contribution is 2.34. The number of sulfone groups is 1. The van der Waals surface area contributed by atoms with Gasteiger partial charge in [0.1, 0.15) is 0 Å². The van der Waals surface area contributed by atoms with Gasteiger partial charge < -0.3 is 9.64 Å². The van der Waals surface area contributed by atoms with Crippen molar-refractivity contribution in [2.24, 2.45) is 5.92 Å². The lowest BCUT2D eigenvalue weighted by atomic mass is 9.98. The second kappa shape index (κ2) is 3.95. The Morgan fingerprint density at radius 2 is 1.94 bits per heavy atom. The maximum absolute atomic E-state index is 12.3. The maximum atomic E-state index is 12.3. The summed E-state index contributed by atoms with van der Waals surface area (Å²) in [5.41, 5.74) is 0. The van der Waals surface area contributed by atoms with Crippen LogP contribution in [-0.4, -0.2) is 56.0 Å². The quantitative estimate of drug-likeness (QED) is 0.655. The summed E-state index contributed by atoms with van der Waals surface area (Å²) in [6.07, 6.45) is 2.20. The van der Waals surface area contributed by atoms with Gasteiger partial charge in [0.2, 0.25) is 5.91 Å². The molecule has 5 nitrogen and oxygen atoms in total. The molecule has 0 aliphatic carbocycles. The highest BCUT2D eigenvalue weighted by atomic mass is 32.2. The lowest BCUT2D eigenvalue weighted by Crippen LogP contribution is -2.47. The fourth-order valence-electron chi connectivity index (χ4n) is 3.15. The third kappa shape index (κ3) is 1.87. The van der Waals surface area contributed by atoms with Crippen LogP contribution in [0.15, 0.2) is 0 Å². The molecule has 2 unspecified atom stereocenters. The van der Waals surface area contributed by atoms with Crippen LogP contribution in [-0.2, 0) is 19.4 Å². The maximum Gasteiger partial charge on any atom is 0.226 e. The normalized spacial score (nSPS) is 36.4. The summed E-state index contributed by atoms with van der Waals surface area (Å²) in [6, 6.07) is -0.0552. The van der Waals surface area contributed by atoms with Gasteiger partial charge in [-0.25, -0.2) is 8.42 Å². The number of ether oxygens (including phenoxy) is 1. The molecule has 3 rings (SSSR count). The number of hydrogen-bond acceptors (Lipinski definition) is 4. The SMILES string of the molecule is O=C(C1CCOCC1)N1CC2CC1CS2(=O)=O. The molecule has 0 spiro atoms. The van der Waals surface area contributed by atoms with E-state index in [-0.39, 0.29) is 28.9 Å². The van der Waals surface area contributed by atoms with Crippen LogP contribution in [0.1, 0.15) is 19.3 Å². The molecule has 0 radical (unpaired) electrons. The number of carbonyl (C=O) groups excluding carboxylic acids is 1. The van der Waals surface area contributed by atoms with E-state index in [2.05, 4.69) is 0 Å². The molecule has 0 N–H and O–H groups in total. The van der Waals surface area contributed by atoms with Gasteiger partial charge in [0, 0.05) is 31.7 Å². The summed E-state index contributed by atoms with van der Waals surface area (Å²) in [6.45, 7) is 1.72. The summed E-state index contributed by atoms with van der Waals surface area (Å²) in [5.74, 6) is 0.369. The highest BCUT2D eigenvalue weighted by Gasteiger charge is 2.50. The molecule has 96 valence electrons. The molecule has 3 heterocycles. The number of carbonyl (C=O) groups is 1. The van der Waals surface area contributed by atoms with Crippen LogP contribution in [0.5, 0.6) is 0 Å². The Morgan fingerprint density at radius 1 is 1.24 bits per heavy atom. The number of rotatable bonds is 1. The molecule has 0 aromatic rings. The van der Waals surface area contributed by atoms with E-state index >= 15 is 0 Å². The molecular weight excluding hydrogens is 242 g/mol. The first-order valence-corrected chi connectivity index (χ1v) is 7.89. The van der Waals surface area contributed by atoms with Crippen molar-refractivity contribution < 1.29 is 17.9 Å². The molecule has 3 saturated heterocycles. The fourth-order valence-corrected chi connectivity index (χ4v) is 5.17. The minimum absolute atomic E-state index is 0.0470. The lowest BCUT2D eigenvalue weighted by Gasteiger charge is -2.32. The third-order valence-corrected chi connectivity index (χ3v) is 6.37. The van der Waals surface area contributed by atoms with Gasteiger partial charge in [0.15, 0.2) is 9.84 Å². The zero-order chi connectivity index (χ0) is 12.0. The molecule has 3 aliphatic heterocycles. The van der Waals surface area contributed by atoms with Crippen molar-refractivity contribution in [3.63, 3.8) is 0 Å². The minimum atomic E-state index is -2.90. The van der Waals surface area contributed by atoms with Gasteiger partial charge in [-0.2, -0.15) is 0 Å². The zero-order valence-electron chi connectivity index (χ0n) is 9.67. The smallest absolute Gasteiger partial charge is 0.226 e. The van der Waals surface area contributed by atoms with Crippen molar-refractivity contribution in [3.8, 4) is 0 Å².